The number of hydrogen-bond donors (Lipinski definition) is 2. The van der Waals surface area contributed by atoms with Gasteiger partial charge in [-0.25, -0.2) is 9.97 Å². The molecule has 120 valence electrons. The van der Waals surface area contributed by atoms with Crippen molar-refractivity contribution in [3.8, 4) is 0 Å². The van der Waals surface area contributed by atoms with Gasteiger partial charge in [-0.1, -0.05) is 30.8 Å². The van der Waals surface area contributed by atoms with E-state index < -0.39 is 0 Å². The second-order valence-electron chi connectivity index (χ2n) is 4.90. The van der Waals surface area contributed by atoms with Crippen LogP contribution < -0.4 is 10.6 Å². The maximum atomic E-state index is 5.60. The van der Waals surface area contributed by atoms with E-state index in [4.69, 9.17) is 4.42 Å². The zero-order chi connectivity index (χ0) is 15.9. The number of anilines is 1. The molecule has 0 aliphatic rings. The fourth-order valence-corrected chi connectivity index (χ4v) is 2.59. The zero-order valence-electron chi connectivity index (χ0n) is 13.0. The fraction of sp³-hybridized carbons (Fsp3) is 0.312. The van der Waals surface area contributed by atoms with Gasteiger partial charge >= 0.3 is 0 Å². The summed E-state index contributed by atoms with van der Waals surface area (Å²) >= 11 is 1.65. The van der Waals surface area contributed by atoms with Crippen LogP contribution in [0.3, 0.4) is 0 Å². The second-order valence-corrected chi connectivity index (χ2v) is 6.13. The standard InChI is InChI=1S/C16H19N5OS/c1-2-23-16-19-10-12(11-20-16)9-17-7-8-18-15-21-13-5-3-4-6-14(13)22-15/h3-6,10-11,17H,2,7-9H2,1H3,(H,18,21). The number of para-hydroxylation sites is 2. The molecule has 2 heterocycles. The van der Waals surface area contributed by atoms with Gasteiger partial charge in [-0.2, -0.15) is 4.98 Å². The van der Waals surface area contributed by atoms with Gasteiger partial charge in [0.2, 0.25) is 0 Å². The monoisotopic (exact) mass is 329 g/mol. The van der Waals surface area contributed by atoms with Gasteiger partial charge in [0.05, 0.1) is 0 Å². The summed E-state index contributed by atoms with van der Waals surface area (Å²) in [6.07, 6.45) is 3.73. The minimum absolute atomic E-state index is 0.553. The third-order valence-electron chi connectivity index (χ3n) is 3.16. The number of fused-ring (bicyclic) bond motifs is 1. The number of thioether (sulfide) groups is 1. The molecule has 0 fully saturated rings. The van der Waals surface area contributed by atoms with Gasteiger partial charge in [-0.3, -0.25) is 0 Å². The average Bonchev–Trinajstić information content (AvgIpc) is 2.99. The molecule has 0 aliphatic heterocycles. The number of rotatable bonds is 8. The highest BCUT2D eigenvalue weighted by Gasteiger charge is 2.03. The molecule has 0 radical (unpaired) electrons. The lowest BCUT2D eigenvalue weighted by molar-refractivity contribution is 0.608. The molecule has 0 saturated carbocycles. The Hall–Kier alpha value is -2.12. The Morgan fingerprint density at radius 2 is 1.96 bits per heavy atom. The Balaban J connectivity index is 1.39. The molecule has 1 aromatic carbocycles. The summed E-state index contributed by atoms with van der Waals surface area (Å²) in [5, 5.41) is 7.34. The van der Waals surface area contributed by atoms with Crippen LogP contribution in [0, 0.1) is 0 Å². The van der Waals surface area contributed by atoms with E-state index in [2.05, 4.69) is 32.5 Å². The van der Waals surface area contributed by atoms with Crippen LogP contribution in [-0.2, 0) is 6.54 Å². The molecule has 0 aliphatic carbocycles. The van der Waals surface area contributed by atoms with E-state index in [0.717, 1.165) is 47.2 Å². The molecule has 3 aromatic rings. The SMILES string of the molecule is CCSc1ncc(CNCCNc2nc3ccccc3o2)cn1. The van der Waals surface area contributed by atoms with Crippen molar-refractivity contribution in [2.75, 3.05) is 24.2 Å². The van der Waals surface area contributed by atoms with Gasteiger partial charge < -0.3 is 15.1 Å². The van der Waals surface area contributed by atoms with Crippen LogP contribution in [0.4, 0.5) is 6.01 Å². The topological polar surface area (TPSA) is 75.9 Å². The van der Waals surface area contributed by atoms with Crippen LogP contribution in [0.25, 0.3) is 11.1 Å². The highest BCUT2D eigenvalue weighted by atomic mass is 32.2. The Bertz CT molecular complexity index is 711. The van der Waals surface area contributed by atoms with Gasteiger partial charge in [0.15, 0.2) is 10.7 Å². The lowest BCUT2D eigenvalue weighted by Crippen LogP contribution is -2.22. The highest BCUT2D eigenvalue weighted by molar-refractivity contribution is 7.99. The average molecular weight is 329 g/mol. The quantitative estimate of drug-likeness (QED) is 0.374. The van der Waals surface area contributed by atoms with E-state index in [9.17, 15) is 0 Å². The molecule has 0 atom stereocenters. The number of hydrogen-bond acceptors (Lipinski definition) is 7. The van der Waals surface area contributed by atoms with Crippen LogP contribution in [0.5, 0.6) is 0 Å². The molecule has 6 nitrogen and oxygen atoms in total. The summed E-state index contributed by atoms with van der Waals surface area (Å²) < 4.78 is 5.60. The van der Waals surface area contributed by atoms with Crippen molar-refractivity contribution < 1.29 is 4.42 Å². The van der Waals surface area contributed by atoms with Crippen molar-refractivity contribution in [2.24, 2.45) is 0 Å². The second kappa shape index (κ2) is 7.94. The van der Waals surface area contributed by atoms with E-state index in [0.29, 0.717) is 6.01 Å². The van der Waals surface area contributed by atoms with Gasteiger partial charge in [0, 0.05) is 37.6 Å². The highest BCUT2D eigenvalue weighted by Crippen LogP contribution is 2.17. The molecule has 3 rings (SSSR count). The molecule has 2 N–H and O–H groups in total. The maximum Gasteiger partial charge on any atom is 0.295 e. The van der Waals surface area contributed by atoms with Crippen LogP contribution >= 0.6 is 11.8 Å². The summed E-state index contributed by atoms with van der Waals surface area (Å²) in [4.78, 5) is 13.0. The number of aromatic nitrogens is 3. The maximum absolute atomic E-state index is 5.60. The summed E-state index contributed by atoms with van der Waals surface area (Å²) in [6, 6.07) is 8.28. The van der Waals surface area contributed by atoms with Crippen molar-refractivity contribution >= 4 is 28.9 Å². The third-order valence-corrected chi connectivity index (χ3v) is 3.91. The molecule has 0 saturated heterocycles. The molecule has 0 bridgehead atoms. The summed E-state index contributed by atoms with van der Waals surface area (Å²) in [5.74, 6) is 0.985. The Labute approximate surface area is 139 Å². The predicted octanol–water partition coefficient (Wildman–Crippen LogP) is 2.93. The largest absolute Gasteiger partial charge is 0.424 e. The van der Waals surface area contributed by atoms with Crippen LogP contribution in [0.2, 0.25) is 0 Å². The molecular formula is C16H19N5OS. The molecule has 0 spiro atoms. The minimum Gasteiger partial charge on any atom is -0.424 e. The first-order valence-corrected chi connectivity index (χ1v) is 8.57. The Morgan fingerprint density at radius 3 is 2.74 bits per heavy atom. The van der Waals surface area contributed by atoms with Crippen molar-refractivity contribution in [1.82, 2.24) is 20.3 Å². The van der Waals surface area contributed by atoms with Gasteiger partial charge in [-0.05, 0) is 17.9 Å². The number of oxazole rings is 1. The lowest BCUT2D eigenvalue weighted by atomic mass is 10.3. The Morgan fingerprint density at radius 1 is 1.13 bits per heavy atom. The van der Waals surface area contributed by atoms with E-state index >= 15 is 0 Å². The third kappa shape index (κ3) is 4.43. The van der Waals surface area contributed by atoms with Gasteiger partial charge in [-0.15, -0.1) is 0 Å². The smallest absolute Gasteiger partial charge is 0.295 e. The van der Waals surface area contributed by atoms with E-state index in [1.165, 1.54) is 0 Å². The molecule has 2 aromatic heterocycles. The first kappa shape index (κ1) is 15.8. The number of nitrogens with zero attached hydrogens (tertiary/aromatic N) is 3. The summed E-state index contributed by atoms with van der Waals surface area (Å²) in [5.41, 5.74) is 2.74. The normalized spacial score (nSPS) is 11.0. The molecule has 7 heteroatoms. The molecule has 0 unspecified atom stereocenters. The van der Waals surface area contributed by atoms with Crippen LogP contribution in [0.1, 0.15) is 12.5 Å². The van der Waals surface area contributed by atoms with Crippen LogP contribution in [0.15, 0.2) is 46.2 Å². The first-order chi connectivity index (χ1) is 11.3. The van der Waals surface area contributed by atoms with Gasteiger partial charge in [0.25, 0.3) is 6.01 Å². The van der Waals surface area contributed by atoms with Crippen molar-refractivity contribution in [3.63, 3.8) is 0 Å². The zero-order valence-corrected chi connectivity index (χ0v) is 13.8. The van der Waals surface area contributed by atoms with E-state index in [-0.39, 0.29) is 0 Å². The van der Waals surface area contributed by atoms with Crippen molar-refractivity contribution in [1.29, 1.82) is 0 Å². The van der Waals surface area contributed by atoms with E-state index in [1.807, 2.05) is 36.7 Å². The fourth-order valence-electron chi connectivity index (χ4n) is 2.08. The molecule has 23 heavy (non-hydrogen) atoms. The van der Waals surface area contributed by atoms with Crippen molar-refractivity contribution in [2.45, 2.75) is 18.6 Å². The predicted molar refractivity (Wildman–Crippen MR) is 92.6 cm³/mol. The number of nitrogens with one attached hydrogen (secondary N) is 2. The Kier molecular flexibility index (Phi) is 5.44. The molecule has 0 amide bonds. The molecular weight excluding hydrogens is 310 g/mol. The van der Waals surface area contributed by atoms with E-state index in [1.54, 1.807) is 11.8 Å². The lowest BCUT2D eigenvalue weighted by Gasteiger charge is -2.05. The minimum atomic E-state index is 0.553. The first-order valence-electron chi connectivity index (χ1n) is 7.59. The number of benzene rings is 1. The summed E-state index contributed by atoms with van der Waals surface area (Å²) in [7, 11) is 0. The van der Waals surface area contributed by atoms with Gasteiger partial charge in [0.1, 0.15) is 5.52 Å². The van der Waals surface area contributed by atoms with Crippen LogP contribution in [-0.4, -0.2) is 33.8 Å². The van der Waals surface area contributed by atoms with Crippen molar-refractivity contribution in [3.05, 3.63) is 42.2 Å². The summed E-state index contributed by atoms with van der Waals surface area (Å²) in [6.45, 7) is 4.36.